The van der Waals surface area contributed by atoms with Crippen molar-refractivity contribution in [3.8, 4) is 11.5 Å². The van der Waals surface area contributed by atoms with Gasteiger partial charge in [-0.3, -0.25) is 4.55 Å². The van der Waals surface area contributed by atoms with Crippen LogP contribution >= 0.6 is 46.4 Å². The molecule has 10 heteroatoms. The van der Waals surface area contributed by atoms with Crippen molar-refractivity contribution in [1.82, 2.24) is 0 Å². The van der Waals surface area contributed by atoms with E-state index < -0.39 is 26.4 Å². The molecule has 29 heavy (non-hydrogen) atoms. The van der Waals surface area contributed by atoms with Gasteiger partial charge in [0.1, 0.15) is 11.5 Å². The third kappa shape index (κ3) is 3.65. The minimum atomic E-state index is -5.10. The largest absolute Gasteiger partial charge is 0.507 e. The highest BCUT2D eigenvalue weighted by Crippen LogP contribution is 2.52. The molecule has 0 radical (unpaired) electrons. The molecule has 0 aromatic heterocycles. The van der Waals surface area contributed by atoms with Crippen LogP contribution in [0.25, 0.3) is 0 Å². The second-order valence-electron chi connectivity index (χ2n) is 6.09. The summed E-state index contributed by atoms with van der Waals surface area (Å²) in [5.74, 6) is -1.14. The van der Waals surface area contributed by atoms with Crippen LogP contribution in [0.4, 0.5) is 0 Å². The van der Waals surface area contributed by atoms with Crippen LogP contribution in [-0.4, -0.2) is 23.2 Å². The van der Waals surface area contributed by atoms with Crippen molar-refractivity contribution in [2.45, 2.75) is 4.75 Å². The molecule has 152 valence electrons. The van der Waals surface area contributed by atoms with E-state index >= 15 is 0 Å². The first kappa shape index (κ1) is 22.0. The molecule has 0 aliphatic rings. The molecular formula is C19H12Cl4O5S. The summed E-state index contributed by atoms with van der Waals surface area (Å²) in [6.07, 6.45) is 0. The first-order valence-electron chi connectivity index (χ1n) is 7.89. The number of benzene rings is 3. The number of hydrogen-bond acceptors (Lipinski definition) is 4. The van der Waals surface area contributed by atoms with E-state index in [-0.39, 0.29) is 36.8 Å². The lowest BCUT2D eigenvalue weighted by Crippen LogP contribution is -2.38. The fourth-order valence-electron chi connectivity index (χ4n) is 3.20. The molecule has 0 saturated carbocycles. The zero-order valence-electron chi connectivity index (χ0n) is 14.3. The van der Waals surface area contributed by atoms with Gasteiger partial charge < -0.3 is 10.2 Å². The zero-order chi connectivity index (χ0) is 21.6. The summed E-state index contributed by atoms with van der Waals surface area (Å²) in [5, 5.41) is 19.9. The zero-order valence-corrected chi connectivity index (χ0v) is 18.1. The maximum atomic E-state index is 13.0. The van der Waals surface area contributed by atoms with Gasteiger partial charge in [-0.25, -0.2) is 0 Å². The topological polar surface area (TPSA) is 94.8 Å². The van der Waals surface area contributed by atoms with Gasteiger partial charge in [0.05, 0.1) is 15.1 Å². The Morgan fingerprint density at radius 3 is 1.97 bits per heavy atom. The average molecular weight is 494 g/mol. The van der Waals surface area contributed by atoms with Gasteiger partial charge >= 0.3 is 0 Å². The Hall–Kier alpha value is -1.67. The number of phenols is 2. The Labute approximate surface area is 186 Å². The molecule has 0 fully saturated rings. The van der Waals surface area contributed by atoms with Gasteiger partial charge in [0.15, 0.2) is 4.75 Å². The van der Waals surface area contributed by atoms with Crippen LogP contribution < -0.4 is 0 Å². The minimum Gasteiger partial charge on any atom is -0.507 e. The number of halogens is 4. The average Bonchev–Trinajstić information content (AvgIpc) is 2.63. The molecule has 3 aromatic rings. The Morgan fingerprint density at radius 2 is 1.38 bits per heavy atom. The number of rotatable bonds is 4. The summed E-state index contributed by atoms with van der Waals surface area (Å²) in [7, 11) is -5.10. The predicted molar refractivity (Wildman–Crippen MR) is 114 cm³/mol. The van der Waals surface area contributed by atoms with Gasteiger partial charge in [-0.05, 0) is 23.8 Å². The number of hydrogen-bond donors (Lipinski definition) is 3. The Morgan fingerprint density at radius 1 is 0.759 bits per heavy atom. The van der Waals surface area contributed by atoms with Crippen molar-refractivity contribution >= 4 is 56.5 Å². The quantitative estimate of drug-likeness (QED) is 0.239. The number of aromatic hydroxyl groups is 2. The van der Waals surface area contributed by atoms with E-state index in [0.29, 0.717) is 0 Å². The van der Waals surface area contributed by atoms with Crippen molar-refractivity contribution in [2.75, 3.05) is 0 Å². The minimum absolute atomic E-state index is 0.0276. The van der Waals surface area contributed by atoms with Gasteiger partial charge in [0, 0.05) is 22.2 Å². The molecule has 1 atom stereocenters. The van der Waals surface area contributed by atoms with E-state index in [1.165, 1.54) is 36.4 Å². The highest BCUT2D eigenvalue weighted by atomic mass is 35.5. The lowest BCUT2D eigenvalue weighted by molar-refractivity contribution is 0.431. The van der Waals surface area contributed by atoms with Gasteiger partial charge in [-0.15, -0.1) is 0 Å². The Balaban J connectivity index is 2.64. The van der Waals surface area contributed by atoms with Crippen molar-refractivity contribution in [2.24, 2.45) is 0 Å². The van der Waals surface area contributed by atoms with Crippen molar-refractivity contribution < 1.29 is 23.2 Å². The van der Waals surface area contributed by atoms with Gasteiger partial charge in [0.25, 0.3) is 10.1 Å². The van der Waals surface area contributed by atoms with E-state index in [0.717, 1.165) is 12.1 Å². The molecule has 5 nitrogen and oxygen atoms in total. The summed E-state index contributed by atoms with van der Waals surface area (Å²) in [6, 6.07) is 11.9. The molecule has 0 saturated heterocycles. The normalized spacial score (nSPS) is 13.8. The molecular weight excluding hydrogens is 482 g/mol. The van der Waals surface area contributed by atoms with Crippen LogP contribution in [0.5, 0.6) is 11.5 Å². The summed E-state index contributed by atoms with van der Waals surface area (Å²) in [5.41, 5.74) is -0.531. The molecule has 0 heterocycles. The lowest BCUT2D eigenvalue weighted by Gasteiger charge is -2.34. The van der Waals surface area contributed by atoms with Crippen LogP contribution in [-0.2, 0) is 14.9 Å². The summed E-state index contributed by atoms with van der Waals surface area (Å²) >= 11 is 24.6. The molecule has 0 aliphatic heterocycles. The first-order chi connectivity index (χ1) is 13.5. The summed E-state index contributed by atoms with van der Waals surface area (Å²) in [4.78, 5) is 0. The molecule has 3 rings (SSSR count). The Kier molecular flexibility index (Phi) is 5.98. The maximum absolute atomic E-state index is 13.0. The smallest absolute Gasteiger partial charge is 0.283 e. The van der Waals surface area contributed by atoms with E-state index in [4.69, 9.17) is 46.4 Å². The highest BCUT2D eigenvalue weighted by Gasteiger charge is 2.51. The van der Waals surface area contributed by atoms with Gasteiger partial charge in [0.2, 0.25) is 0 Å². The van der Waals surface area contributed by atoms with E-state index in [1.807, 2.05) is 0 Å². The third-order valence-corrected chi connectivity index (χ3v) is 7.16. The fraction of sp³-hybridized carbons (Fsp3) is 0.0526. The van der Waals surface area contributed by atoms with E-state index in [1.54, 1.807) is 6.07 Å². The van der Waals surface area contributed by atoms with Gasteiger partial charge in [-0.1, -0.05) is 76.7 Å². The third-order valence-electron chi connectivity index (χ3n) is 4.38. The maximum Gasteiger partial charge on any atom is 0.283 e. The van der Waals surface area contributed by atoms with Crippen LogP contribution in [0, 0.1) is 0 Å². The highest BCUT2D eigenvalue weighted by molar-refractivity contribution is 7.87. The fourth-order valence-corrected chi connectivity index (χ4v) is 5.48. The van der Waals surface area contributed by atoms with Crippen molar-refractivity contribution in [3.63, 3.8) is 0 Å². The molecule has 1 unspecified atom stereocenters. The van der Waals surface area contributed by atoms with Crippen LogP contribution in [0.1, 0.15) is 16.7 Å². The molecule has 3 aromatic carbocycles. The summed E-state index contributed by atoms with van der Waals surface area (Å²) < 4.78 is 34.0. The van der Waals surface area contributed by atoms with E-state index in [9.17, 15) is 23.2 Å². The molecule has 0 spiro atoms. The van der Waals surface area contributed by atoms with Crippen LogP contribution in [0.2, 0.25) is 20.1 Å². The molecule has 0 bridgehead atoms. The second kappa shape index (κ2) is 7.87. The van der Waals surface area contributed by atoms with Crippen LogP contribution in [0.3, 0.4) is 0 Å². The van der Waals surface area contributed by atoms with Gasteiger partial charge in [-0.2, -0.15) is 8.42 Å². The first-order valence-corrected chi connectivity index (χ1v) is 10.8. The molecule has 3 N–H and O–H groups in total. The van der Waals surface area contributed by atoms with E-state index in [2.05, 4.69) is 0 Å². The lowest BCUT2D eigenvalue weighted by atomic mass is 9.83. The predicted octanol–water partition coefficient (Wildman–Crippen LogP) is 5.89. The summed E-state index contributed by atoms with van der Waals surface area (Å²) in [6.45, 7) is 0. The molecule has 0 amide bonds. The SMILES string of the molecule is O=S(=O)(O)C(c1ccccc1)(c1cc(Cl)c(O)cc1O)c1cc(Cl)cc(Cl)c1Cl. The monoisotopic (exact) mass is 492 g/mol. The second-order valence-corrected chi connectivity index (χ2v) is 9.28. The van der Waals surface area contributed by atoms with Crippen molar-refractivity contribution in [3.05, 3.63) is 91.4 Å². The number of phenolic OH excluding ortho intramolecular Hbond substituents is 2. The van der Waals surface area contributed by atoms with Crippen molar-refractivity contribution in [1.29, 1.82) is 0 Å². The van der Waals surface area contributed by atoms with Crippen LogP contribution in [0.15, 0.2) is 54.6 Å². The molecule has 0 aliphatic carbocycles. The standard InChI is InChI=1S/C19H12Cl4O5S/c20-11-6-13(18(23)15(22)7-11)19(29(26,27)28,10-4-2-1-3-5-10)12-8-14(21)17(25)9-16(12)24/h1-9,24-25H,(H,26,27,28). The Bertz CT molecular complexity index is 1200.